The highest BCUT2D eigenvalue weighted by atomic mass is 16.4. The molecule has 0 saturated carbocycles. The highest BCUT2D eigenvalue weighted by Gasteiger charge is 2.35. The van der Waals surface area contributed by atoms with Crippen molar-refractivity contribution >= 4 is 12.6 Å². The molecule has 21 heavy (non-hydrogen) atoms. The van der Waals surface area contributed by atoms with Crippen LogP contribution in [0.4, 0.5) is 0 Å². The van der Waals surface area contributed by atoms with Crippen LogP contribution in [0.15, 0.2) is 0 Å². The maximum absolute atomic E-state index is 10.3. The first-order valence-corrected chi connectivity index (χ1v) is 6.10. The molecule has 0 aromatic carbocycles. The minimum Gasteiger partial charge on any atom is -0.390 e. The van der Waals surface area contributed by atoms with E-state index in [1.807, 2.05) is 0 Å². The van der Waals surface area contributed by atoms with Crippen LogP contribution < -0.4 is 5.73 Å². The molecule has 0 radical (unpaired) electrons. The van der Waals surface area contributed by atoms with Crippen LogP contribution >= 0.6 is 0 Å². The average Bonchev–Trinajstić information content (AvgIpc) is 2.49. The number of rotatable bonds is 10. The minimum absolute atomic E-state index is 0.0568. The van der Waals surface area contributed by atoms with Crippen molar-refractivity contribution in [2.75, 3.05) is 0 Å². The second kappa shape index (κ2) is 9.12. The zero-order valence-corrected chi connectivity index (χ0v) is 11.0. The average molecular weight is 311 g/mol. The standard InChI is InChI=1S/C11H21NO9/c12-4(2-13)8(18)9(19)5(15)1-6(16)10(20)11(21)7(17)3-14/h2-11,15-21H,1,12H2. The first-order valence-electron chi connectivity index (χ1n) is 6.10. The summed E-state index contributed by atoms with van der Waals surface area (Å²) in [4.78, 5) is 20.6. The lowest BCUT2D eigenvalue weighted by molar-refractivity contribution is -0.140. The third-order valence-electron chi connectivity index (χ3n) is 3.01. The van der Waals surface area contributed by atoms with Crippen LogP contribution in [-0.2, 0) is 9.59 Å². The highest BCUT2D eigenvalue weighted by Crippen LogP contribution is 2.13. The van der Waals surface area contributed by atoms with E-state index >= 15 is 0 Å². The molecular weight excluding hydrogens is 290 g/mol. The van der Waals surface area contributed by atoms with E-state index < -0.39 is 55.2 Å². The Balaban J connectivity index is 4.58. The number of hydrogen-bond acceptors (Lipinski definition) is 10. The van der Waals surface area contributed by atoms with Gasteiger partial charge in [-0.15, -0.1) is 0 Å². The predicted molar refractivity (Wildman–Crippen MR) is 66.8 cm³/mol. The normalized spacial score (nSPS) is 23.2. The molecule has 0 aliphatic heterocycles. The molecule has 124 valence electrons. The van der Waals surface area contributed by atoms with E-state index in [9.17, 15) is 40.2 Å². The molecule has 0 aromatic heterocycles. The lowest BCUT2D eigenvalue weighted by Gasteiger charge is -2.29. The Morgan fingerprint density at radius 3 is 1.52 bits per heavy atom. The summed E-state index contributed by atoms with van der Waals surface area (Å²) in [5.41, 5.74) is 5.14. The Morgan fingerprint density at radius 2 is 1.14 bits per heavy atom. The number of aliphatic hydroxyl groups excluding tert-OH is 7. The SMILES string of the molecule is NC(C=O)C(O)C(O)C(O)CC(O)C(O)C(O)C(O)C=O. The summed E-state index contributed by atoms with van der Waals surface area (Å²) in [7, 11) is 0. The number of carbonyl (C=O) groups is 2. The highest BCUT2D eigenvalue weighted by molar-refractivity contribution is 5.58. The molecule has 9 N–H and O–H groups in total. The van der Waals surface area contributed by atoms with E-state index in [4.69, 9.17) is 10.8 Å². The third-order valence-corrected chi connectivity index (χ3v) is 3.01. The van der Waals surface area contributed by atoms with Gasteiger partial charge < -0.3 is 51.1 Å². The molecule has 0 fully saturated rings. The van der Waals surface area contributed by atoms with E-state index in [1.54, 1.807) is 0 Å². The maximum atomic E-state index is 10.3. The van der Waals surface area contributed by atoms with Crippen molar-refractivity contribution in [2.24, 2.45) is 5.73 Å². The molecule has 0 rings (SSSR count). The quantitative estimate of drug-likeness (QED) is 0.180. The van der Waals surface area contributed by atoms with Crippen molar-refractivity contribution in [3.05, 3.63) is 0 Å². The molecule has 8 atom stereocenters. The molecule has 10 heteroatoms. The zero-order valence-electron chi connectivity index (χ0n) is 11.0. The molecule has 0 amide bonds. The van der Waals surface area contributed by atoms with Crippen LogP contribution in [-0.4, -0.2) is 97.1 Å². The predicted octanol–water partition coefficient (Wildman–Crippen LogP) is -5.37. The smallest absolute Gasteiger partial charge is 0.151 e. The Labute approximate surface area is 120 Å². The topological polar surface area (TPSA) is 202 Å². The van der Waals surface area contributed by atoms with E-state index in [2.05, 4.69) is 0 Å². The van der Waals surface area contributed by atoms with E-state index in [-0.39, 0.29) is 12.6 Å². The first kappa shape index (κ1) is 20.0. The van der Waals surface area contributed by atoms with Gasteiger partial charge in [0.25, 0.3) is 0 Å². The summed E-state index contributed by atoms with van der Waals surface area (Å²) >= 11 is 0. The van der Waals surface area contributed by atoms with Gasteiger partial charge in [0.2, 0.25) is 0 Å². The van der Waals surface area contributed by atoms with Gasteiger partial charge in [-0.1, -0.05) is 0 Å². The molecule has 10 nitrogen and oxygen atoms in total. The molecule has 0 heterocycles. The fourth-order valence-corrected chi connectivity index (χ4v) is 1.57. The fourth-order valence-electron chi connectivity index (χ4n) is 1.57. The molecule has 8 unspecified atom stereocenters. The Hall–Kier alpha value is -0.980. The summed E-state index contributed by atoms with van der Waals surface area (Å²) in [6, 6.07) is -1.46. The van der Waals surface area contributed by atoms with Crippen molar-refractivity contribution in [3.8, 4) is 0 Å². The minimum atomic E-state index is -2.00. The van der Waals surface area contributed by atoms with Crippen molar-refractivity contribution in [1.29, 1.82) is 0 Å². The van der Waals surface area contributed by atoms with Crippen LogP contribution in [0.25, 0.3) is 0 Å². The molecule has 0 bridgehead atoms. The molecule has 0 saturated heterocycles. The Bertz CT molecular complexity index is 299. The second-order valence-corrected chi connectivity index (χ2v) is 4.67. The van der Waals surface area contributed by atoms with Gasteiger partial charge in [-0.05, 0) is 0 Å². The first-order chi connectivity index (χ1) is 9.67. The number of nitrogens with two attached hydrogens (primary N) is 1. The van der Waals surface area contributed by atoms with E-state index in [1.165, 1.54) is 0 Å². The number of hydrogen-bond donors (Lipinski definition) is 8. The largest absolute Gasteiger partial charge is 0.390 e. The van der Waals surface area contributed by atoms with Gasteiger partial charge in [0.1, 0.15) is 36.8 Å². The van der Waals surface area contributed by atoms with Crippen molar-refractivity contribution < 1.29 is 45.3 Å². The van der Waals surface area contributed by atoms with Crippen molar-refractivity contribution in [2.45, 2.75) is 55.2 Å². The van der Waals surface area contributed by atoms with Gasteiger partial charge >= 0.3 is 0 Å². The second-order valence-electron chi connectivity index (χ2n) is 4.67. The van der Waals surface area contributed by atoms with Gasteiger partial charge in [0, 0.05) is 6.42 Å². The van der Waals surface area contributed by atoms with Crippen LogP contribution in [0.5, 0.6) is 0 Å². The number of aldehydes is 2. The summed E-state index contributed by atoms with van der Waals surface area (Å²) in [6.07, 6.45) is -13.8. The molecule has 0 aliphatic carbocycles. The van der Waals surface area contributed by atoms with Crippen LogP contribution in [0.1, 0.15) is 6.42 Å². The molecule has 0 spiro atoms. The third kappa shape index (κ3) is 5.73. The van der Waals surface area contributed by atoms with Crippen molar-refractivity contribution in [3.63, 3.8) is 0 Å². The lowest BCUT2D eigenvalue weighted by Crippen LogP contribution is -2.51. The summed E-state index contributed by atoms with van der Waals surface area (Å²) in [5.74, 6) is 0. The lowest BCUT2D eigenvalue weighted by atomic mass is 9.94. The van der Waals surface area contributed by atoms with Gasteiger partial charge in [0.15, 0.2) is 6.29 Å². The van der Waals surface area contributed by atoms with Crippen LogP contribution in [0, 0.1) is 0 Å². The van der Waals surface area contributed by atoms with Crippen LogP contribution in [0.2, 0.25) is 0 Å². The summed E-state index contributed by atoms with van der Waals surface area (Å²) in [5, 5.41) is 65.7. The molecule has 0 aromatic rings. The molecular formula is C11H21NO9. The van der Waals surface area contributed by atoms with Gasteiger partial charge in [-0.25, -0.2) is 0 Å². The monoisotopic (exact) mass is 311 g/mol. The summed E-state index contributed by atoms with van der Waals surface area (Å²) < 4.78 is 0. The number of carbonyl (C=O) groups excluding carboxylic acids is 2. The zero-order chi connectivity index (χ0) is 16.7. The fraction of sp³-hybridized carbons (Fsp3) is 0.818. The van der Waals surface area contributed by atoms with Crippen molar-refractivity contribution in [1.82, 2.24) is 0 Å². The Kier molecular flexibility index (Phi) is 8.70. The van der Waals surface area contributed by atoms with E-state index in [0.29, 0.717) is 0 Å². The van der Waals surface area contributed by atoms with Gasteiger partial charge in [0.05, 0.1) is 18.2 Å². The van der Waals surface area contributed by atoms with Crippen LogP contribution in [0.3, 0.4) is 0 Å². The maximum Gasteiger partial charge on any atom is 0.151 e. The molecule has 0 aliphatic rings. The van der Waals surface area contributed by atoms with Gasteiger partial charge in [-0.2, -0.15) is 0 Å². The number of aliphatic hydroxyl groups is 7. The van der Waals surface area contributed by atoms with Gasteiger partial charge in [-0.3, -0.25) is 0 Å². The van der Waals surface area contributed by atoms with E-state index in [0.717, 1.165) is 0 Å². The Morgan fingerprint density at radius 1 is 0.714 bits per heavy atom. The summed E-state index contributed by atoms with van der Waals surface area (Å²) in [6.45, 7) is 0.